The van der Waals surface area contributed by atoms with Gasteiger partial charge in [-0.1, -0.05) is 39.0 Å². The lowest BCUT2D eigenvalue weighted by Crippen LogP contribution is -2.37. The molecule has 0 aromatic carbocycles. The molecule has 18 heavy (non-hydrogen) atoms. The Morgan fingerprint density at radius 1 is 1.11 bits per heavy atom. The van der Waals surface area contributed by atoms with Crippen molar-refractivity contribution in [3.05, 3.63) is 0 Å². The number of nitrogens with zero attached hydrogens (tertiary/aromatic N) is 1. The van der Waals surface area contributed by atoms with E-state index in [2.05, 4.69) is 31.1 Å². The average Bonchev–Trinajstić information content (AvgIpc) is 2.38. The summed E-state index contributed by atoms with van der Waals surface area (Å²) in [7, 11) is 2.24. The molecule has 1 fully saturated rings. The van der Waals surface area contributed by atoms with Crippen molar-refractivity contribution in [2.24, 2.45) is 5.92 Å². The fraction of sp³-hybridized carbons (Fsp3) is 1.00. The second kappa shape index (κ2) is 9.80. The molecule has 2 heteroatoms. The standard InChI is InChI=1S/C16H34N2/c1-4-5-6-7-8-9-15(2)17-14-16-10-12-18(3)13-11-16/h15-17H,4-14H2,1-3H3. The van der Waals surface area contributed by atoms with Crippen molar-refractivity contribution in [3.8, 4) is 0 Å². The van der Waals surface area contributed by atoms with Crippen LogP contribution in [-0.2, 0) is 0 Å². The Morgan fingerprint density at radius 2 is 1.78 bits per heavy atom. The zero-order chi connectivity index (χ0) is 13.2. The van der Waals surface area contributed by atoms with Crippen molar-refractivity contribution in [2.45, 2.75) is 71.3 Å². The minimum absolute atomic E-state index is 0.714. The van der Waals surface area contributed by atoms with Gasteiger partial charge in [-0.3, -0.25) is 0 Å². The Morgan fingerprint density at radius 3 is 2.44 bits per heavy atom. The summed E-state index contributed by atoms with van der Waals surface area (Å²) < 4.78 is 0. The summed E-state index contributed by atoms with van der Waals surface area (Å²) in [5.41, 5.74) is 0. The van der Waals surface area contributed by atoms with Crippen molar-refractivity contribution >= 4 is 0 Å². The third-order valence-corrected chi connectivity index (χ3v) is 4.33. The fourth-order valence-corrected chi connectivity index (χ4v) is 2.79. The molecule has 0 radical (unpaired) electrons. The van der Waals surface area contributed by atoms with Gasteiger partial charge in [0.25, 0.3) is 0 Å². The molecule has 0 aromatic heterocycles. The SMILES string of the molecule is CCCCCCCC(C)NCC1CCN(C)CC1. The molecule has 0 aromatic rings. The molecular weight excluding hydrogens is 220 g/mol. The molecule has 1 N–H and O–H groups in total. The van der Waals surface area contributed by atoms with Gasteiger partial charge in [0.1, 0.15) is 0 Å². The molecule has 1 atom stereocenters. The Labute approximate surface area is 115 Å². The highest BCUT2D eigenvalue weighted by Crippen LogP contribution is 2.15. The van der Waals surface area contributed by atoms with Crippen LogP contribution in [0.4, 0.5) is 0 Å². The number of unbranched alkanes of at least 4 members (excludes halogenated alkanes) is 4. The van der Waals surface area contributed by atoms with Gasteiger partial charge in [-0.05, 0) is 58.8 Å². The van der Waals surface area contributed by atoms with Crippen molar-refractivity contribution in [1.82, 2.24) is 10.2 Å². The van der Waals surface area contributed by atoms with Crippen molar-refractivity contribution in [3.63, 3.8) is 0 Å². The van der Waals surface area contributed by atoms with Crippen LogP contribution in [0.15, 0.2) is 0 Å². The first-order chi connectivity index (χ1) is 8.72. The normalized spacial score (nSPS) is 20.2. The molecule has 1 rings (SSSR count). The Hall–Kier alpha value is -0.0800. The van der Waals surface area contributed by atoms with Crippen molar-refractivity contribution < 1.29 is 0 Å². The van der Waals surface area contributed by atoms with E-state index in [9.17, 15) is 0 Å². The first kappa shape index (κ1) is 16.0. The largest absolute Gasteiger partial charge is 0.314 e. The zero-order valence-electron chi connectivity index (χ0n) is 12.9. The van der Waals surface area contributed by atoms with Crippen LogP contribution in [0.3, 0.4) is 0 Å². The van der Waals surface area contributed by atoms with Crippen LogP contribution in [0, 0.1) is 5.92 Å². The van der Waals surface area contributed by atoms with Crippen LogP contribution in [0.1, 0.15) is 65.2 Å². The van der Waals surface area contributed by atoms with E-state index >= 15 is 0 Å². The summed E-state index contributed by atoms with van der Waals surface area (Å²) in [4.78, 5) is 2.45. The van der Waals surface area contributed by atoms with E-state index in [0.29, 0.717) is 6.04 Å². The van der Waals surface area contributed by atoms with Gasteiger partial charge in [-0.25, -0.2) is 0 Å². The van der Waals surface area contributed by atoms with Crippen LogP contribution in [-0.4, -0.2) is 37.6 Å². The summed E-state index contributed by atoms with van der Waals surface area (Å²) >= 11 is 0. The lowest BCUT2D eigenvalue weighted by atomic mass is 9.96. The maximum atomic E-state index is 3.74. The third-order valence-electron chi connectivity index (χ3n) is 4.33. The van der Waals surface area contributed by atoms with Gasteiger partial charge in [0, 0.05) is 6.04 Å². The molecule has 0 bridgehead atoms. The molecular formula is C16H34N2. The monoisotopic (exact) mass is 254 g/mol. The average molecular weight is 254 g/mol. The number of likely N-dealkylation sites (tertiary alicyclic amines) is 1. The third kappa shape index (κ3) is 7.38. The van der Waals surface area contributed by atoms with Crippen molar-refractivity contribution in [1.29, 1.82) is 0 Å². The van der Waals surface area contributed by atoms with Crippen molar-refractivity contribution in [2.75, 3.05) is 26.7 Å². The van der Waals surface area contributed by atoms with E-state index in [0.717, 1.165) is 5.92 Å². The molecule has 1 aliphatic heterocycles. The van der Waals surface area contributed by atoms with Gasteiger partial charge >= 0.3 is 0 Å². The summed E-state index contributed by atoms with van der Waals surface area (Å²) in [6.07, 6.45) is 11.1. The van der Waals surface area contributed by atoms with E-state index in [1.807, 2.05) is 0 Å². The molecule has 1 aliphatic rings. The topological polar surface area (TPSA) is 15.3 Å². The molecule has 2 nitrogen and oxygen atoms in total. The Kier molecular flexibility index (Phi) is 8.70. The lowest BCUT2D eigenvalue weighted by Gasteiger charge is -2.30. The predicted molar refractivity (Wildman–Crippen MR) is 81.1 cm³/mol. The maximum Gasteiger partial charge on any atom is 0.00388 e. The van der Waals surface area contributed by atoms with Crippen LogP contribution >= 0.6 is 0 Å². The number of hydrogen-bond acceptors (Lipinski definition) is 2. The zero-order valence-corrected chi connectivity index (χ0v) is 12.9. The quantitative estimate of drug-likeness (QED) is 0.632. The molecule has 0 spiro atoms. The summed E-state index contributed by atoms with van der Waals surface area (Å²) in [6.45, 7) is 8.46. The number of hydrogen-bond donors (Lipinski definition) is 1. The maximum absolute atomic E-state index is 3.74. The summed E-state index contributed by atoms with van der Waals surface area (Å²) in [5, 5.41) is 3.74. The first-order valence-electron chi connectivity index (χ1n) is 8.14. The Bertz CT molecular complexity index is 186. The summed E-state index contributed by atoms with van der Waals surface area (Å²) in [6, 6.07) is 0.714. The Balaban J connectivity index is 1.94. The predicted octanol–water partition coefficient (Wildman–Crippen LogP) is 3.67. The molecule has 0 aliphatic carbocycles. The fourth-order valence-electron chi connectivity index (χ4n) is 2.79. The van der Waals surface area contributed by atoms with Gasteiger partial charge in [0.05, 0.1) is 0 Å². The van der Waals surface area contributed by atoms with Gasteiger partial charge in [0.2, 0.25) is 0 Å². The molecule has 1 saturated heterocycles. The number of nitrogens with one attached hydrogen (secondary N) is 1. The van der Waals surface area contributed by atoms with Gasteiger partial charge in [-0.2, -0.15) is 0 Å². The van der Waals surface area contributed by atoms with Gasteiger partial charge < -0.3 is 10.2 Å². The summed E-state index contributed by atoms with van der Waals surface area (Å²) in [5.74, 6) is 0.920. The molecule has 1 heterocycles. The van der Waals surface area contributed by atoms with Crippen LogP contribution in [0.2, 0.25) is 0 Å². The van der Waals surface area contributed by atoms with Crippen LogP contribution in [0.25, 0.3) is 0 Å². The van der Waals surface area contributed by atoms with Gasteiger partial charge in [-0.15, -0.1) is 0 Å². The molecule has 0 amide bonds. The first-order valence-corrected chi connectivity index (χ1v) is 8.14. The minimum Gasteiger partial charge on any atom is -0.314 e. The highest BCUT2D eigenvalue weighted by molar-refractivity contribution is 4.73. The number of rotatable bonds is 9. The second-order valence-corrected chi connectivity index (χ2v) is 6.26. The molecule has 108 valence electrons. The number of piperidine rings is 1. The molecule has 0 saturated carbocycles. The van der Waals surface area contributed by atoms with Crippen LogP contribution < -0.4 is 5.32 Å². The van der Waals surface area contributed by atoms with Gasteiger partial charge in [0.15, 0.2) is 0 Å². The van der Waals surface area contributed by atoms with E-state index in [1.165, 1.54) is 71.0 Å². The van der Waals surface area contributed by atoms with E-state index in [1.54, 1.807) is 0 Å². The highest BCUT2D eigenvalue weighted by Gasteiger charge is 2.16. The second-order valence-electron chi connectivity index (χ2n) is 6.26. The highest BCUT2D eigenvalue weighted by atomic mass is 15.1. The van der Waals surface area contributed by atoms with E-state index < -0.39 is 0 Å². The van der Waals surface area contributed by atoms with Crippen LogP contribution in [0.5, 0.6) is 0 Å². The van der Waals surface area contributed by atoms with E-state index in [4.69, 9.17) is 0 Å². The minimum atomic E-state index is 0.714. The van der Waals surface area contributed by atoms with E-state index in [-0.39, 0.29) is 0 Å². The smallest absolute Gasteiger partial charge is 0.00388 e. The molecule has 1 unspecified atom stereocenters. The lowest BCUT2D eigenvalue weighted by molar-refractivity contribution is 0.212.